The van der Waals surface area contributed by atoms with E-state index in [4.69, 9.17) is 4.98 Å². The molecule has 23 heavy (non-hydrogen) atoms. The molecule has 0 fully saturated rings. The smallest absolute Gasteiger partial charge is 0.231 e. The van der Waals surface area contributed by atoms with Gasteiger partial charge < -0.3 is 0 Å². The molecule has 1 heterocycles. The van der Waals surface area contributed by atoms with Gasteiger partial charge in [0.05, 0.1) is 12.0 Å². The van der Waals surface area contributed by atoms with Gasteiger partial charge >= 0.3 is 0 Å². The van der Waals surface area contributed by atoms with Gasteiger partial charge in [-0.15, -0.1) is 0 Å². The Morgan fingerprint density at radius 2 is 1.78 bits per heavy atom. The van der Waals surface area contributed by atoms with Crippen molar-refractivity contribution in [3.8, 4) is 22.5 Å². The first-order valence-electron chi connectivity index (χ1n) is 8.10. The van der Waals surface area contributed by atoms with Crippen LogP contribution in [0.4, 0.5) is 0 Å². The van der Waals surface area contributed by atoms with E-state index in [0.29, 0.717) is 0 Å². The van der Waals surface area contributed by atoms with Gasteiger partial charge in [-0.1, -0.05) is 35.9 Å². The largest absolute Gasteiger partial charge is 0.243 e. The molecule has 1 aromatic heterocycles. The van der Waals surface area contributed by atoms with Gasteiger partial charge in [-0.3, -0.25) is 0 Å². The third-order valence-electron chi connectivity index (χ3n) is 5.07. The van der Waals surface area contributed by atoms with E-state index >= 15 is 0 Å². The maximum Gasteiger partial charge on any atom is 0.231 e. The van der Waals surface area contributed by atoms with E-state index in [1.54, 1.807) is 0 Å². The lowest BCUT2D eigenvalue weighted by Crippen LogP contribution is -2.36. The quantitative estimate of drug-likeness (QED) is 0.484. The summed E-state index contributed by atoms with van der Waals surface area (Å²) in [5.74, 6) is 0. The molecule has 2 aromatic carbocycles. The van der Waals surface area contributed by atoms with E-state index < -0.39 is 0 Å². The van der Waals surface area contributed by atoms with Crippen molar-refractivity contribution >= 4 is 0 Å². The molecule has 2 nitrogen and oxygen atoms in total. The number of fused-ring (bicyclic) bond motifs is 3. The van der Waals surface area contributed by atoms with Crippen LogP contribution in [0.25, 0.3) is 22.5 Å². The predicted octanol–water partition coefficient (Wildman–Crippen LogP) is 4.07. The highest BCUT2D eigenvalue weighted by atomic mass is 15.0. The molecular weight excluding hydrogens is 280 g/mol. The monoisotopic (exact) mass is 301 g/mol. The first kappa shape index (κ1) is 14.1. The molecule has 0 bridgehead atoms. The fourth-order valence-electron chi connectivity index (χ4n) is 3.66. The van der Waals surface area contributed by atoms with E-state index in [-0.39, 0.29) is 0 Å². The van der Waals surface area contributed by atoms with Crippen LogP contribution in [0.1, 0.15) is 27.9 Å². The average molecular weight is 301 g/mol. The second kappa shape index (κ2) is 5.02. The fourth-order valence-corrected chi connectivity index (χ4v) is 3.66. The standard InChI is InChI=1S/C21H21N2/c1-13-9-14(2)15(3)18(10-13)20-12-22-21-17-8-6-5-7-16(17)11-19(21)23(20)4/h5-10,12H,11H2,1-4H3/q+1. The van der Waals surface area contributed by atoms with Crippen LogP contribution in [0, 0.1) is 20.8 Å². The molecule has 114 valence electrons. The molecule has 0 saturated heterocycles. The molecule has 4 rings (SSSR count). The van der Waals surface area contributed by atoms with Crippen molar-refractivity contribution in [1.82, 2.24) is 4.98 Å². The Kier molecular flexibility index (Phi) is 3.08. The van der Waals surface area contributed by atoms with Crippen LogP contribution in [0.15, 0.2) is 42.6 Å². The molecule has 0 saturated carbocycles. The second-order valence-corrected chi connectivity index (χ2v) is 6.59. The van der Waals surface area contributed by atoms with E-state index in [0.717, 1.165) is 12.1 Å². The molecule has 1 aliphatic rings. The van der Waals surface area contributed by atoms with Gasteiger partial charge in [0.1, 0.15) is 18.9 Å². The summed E-state index contributed by atoms with van der Waals surface area (Å²) in [6.07, 6.45) is 2.99. The Morgan fingerprint density at radius 1 is 1.00 bits per heavy atom. The summed E-state index contributed by atoms with van der Waals surface area (Å²) in [6, 6.07) is 13.1. The Hall–Kier alpha value is -2.48. The van der Waals surface area contributed by atoms with Gasteiger partial charge in [0.25, 0.3) is 0 Å². The minimum absolute atomic E-state index is 0.965. The molecular formula is C21H21N2+. The van der Waals surface area contributed by atoms with E-state index in [2.05, 4.69) is 68.8 Å². The van der Waals surface area contributed by atoms with Crippen molar-refractivity contribution in [3.63, 3.8) is 0 Å². The number of hydrogen-bond donors (Lipinski definition) is 0. The number of nitrogens with zero attached hydrogens (tertiary/aromatic N) is 2. The van der Waals surface area contributed by atoms with Crippen molar-refractivity contribution in [2.75, 3.05) is 0 Å². The third-order valence-corrected chi connectivity index (χ3v) is 5.07. The second-order valence-electron chi connectivity index (χ2n) is 6.59. The summed E-state index contributed by atoms with van der Waals surface area (Å²) in [4.78, 5) is 4.82. The number of aryl methyl sites for hydroxylation is 2. The molecule has 0 amide bonds. The zero-order valence-electron chi connectivity index (χ0n) is 14.1. The van der Waals surface area contributed by atoms with Crippen molar-refractivity contribution in [3.05, 3.63) is 70.5 Å². The number of rotatable bonds is 1. The highest BCUT2D eigenvalue weighted by molar-refractivity contribution is 5.72. The lowest BCUT2D eigenvalue weighted by Gasteiger charge is -2.10. The van der Waals surface area contributed by atoms with Crippen LogP contribution in [0.3, 0.4) is 0 Å². The summed E-state index contributed by atoms with van der Waals surface area (Å²) < 4.78 is 2.32. The zero-order valence-corrected chi connectivity index (χ0v) is 14.1. The van der Waals surface area contributed by atoms with Crippen LogP contribution >= 0.6 is 0 Å². The van der Waals surface area contributed by atoms with Gasteiger partial charge in [-0.2, -0.15) is 4.57 Å². The van der Waals surface area contributed by atoms with E-state index in [9.17, 15) is 0 Å². The number of aromatic nitrogens is 2. The van der Waals surface area contributed by atoms with Gasteiger partial charge in [0.2, 0.25) is 11.4 Å². The molecule has 1 aliphatic carbocycles. The molecule has 3 aromatic rings. The lowest BCUT2D eigenvalue weighted by atomic mass is 9.98. The van der Waals surface area contributed by atoms with Gasteiger partial charge in [-0.05, 0) is 43.5 Å². The minimum atomic E-state index is 0.965. The summed E-state index contributed by atoms with van der Waals surface area (Å²) in [6.45, 7) is 6.54. The van der Waals surface area contributed by atoms with E-state index in [1.807, 2.05) is 6.20 Å². The van der Waals surface area contributed by atoms with Gasteiger partial charge in [-0.25, -0.2) is 4.98 Å². The summed E-state index contributed by atoms with van der Waals surface area (Å²) in [5, 5.41) is 0. The van der Waals surface area contributed by atoms with Crippen LogP contribution in [0.2, 0.25) is 0 Å². The Morgan fingerprint density at radius 3 is 2.61 bits per heavy atom. The predicted molar refractivity (Wildman–Crippen MR) is 93.3 cm³/mol. The zero-order chi connectivity index (χ0) is 16.1. The van der Waals surface area contributed by atoms with Crippen molar-refractivity contribution < 1.29 is 4.57 Å². The van der Waals surface area contributed by atoms with Gasteiger partial charge in [0, 0.05) is 5.56 Å². The Balaban J connectivity index is 1.93. The Bertz CT molecular complexity index is 939. The maximum absolute atomic E-state index is 4.82. The summed E-state index contributed by atoms with van der Waals surface area (Å²) in [7, 11) is 2.17. The minimum Gasteiger partial charge on any atom is -0.243 e. The van der Waals surface area contributed by atoms with Crippen LogP contribution < -0.4 is 4.57 Å². The molecule has 0 aliphatic heterocycles. The van der Waals surface area contributed by atoms with Crippen molar-refractivity contribution in [1.29, 1.82) is 0 Å². The summed E-state index contributed by atoms with van der Waals surface area (Å²) in [5.41, 5.74) is 11.6. The third kappa shape index (κ3) is 2.09. The molecule has 0 radical (unpaired) electrons. The molecule has 2 heteroatoms. The molecule has 0 unspecified atom stereocenters. The van der Waals surface area contributed by atoms with Crippen LogP contribution in [0.5, 0.6) is 0 Å². The fraction of sp³-hybridized carbons (Fsp3) is 0.238. The molecule has 0 atom stereocenters. The maximum atomic E-state index is 4.82. The lowest BCUT2D eigenvalue weighted by molar-refractivity contribution is -0.667. The van der Waals surface area contributed by atoms with Gasteiger partial charge in [0.15, 0.2) is 0 Å². The highest BCUT2D eigenvalue weighted by Crippen LogP contribution is 2.34. The van der Waals surface area contributed by atoms with Crippen molar-refractivity contribution in [2.24, 2.45) is 7.05 Å². The highest BCUT2D eigenvalue weighted by Gasteiger charge is 2.29. The Labute approximate surface area is 137 Å². The van der Waals surface area contributed by atoms with Crippen molar-refractivity contribution in [2.45, 2.75) is 27.2 Å². The summed E-state index contributed by atoms with van der Waals surface area (Å²) >= 11 is 0. The number of benzene rings is 2. The molecule has 0 spiro atoms. The first-order valence-corrected chi connectivity index (χ1v) is 8.10. The van der Waals surface area contributed by atoms with Crippen LogP contribution in [-0.4, -0.2) is 4.98 Å². The normalized spacial score (nSPS) is 12.2. The average Bonchev–Trinajstić information content (AvgIpc) is 2.91. The van der Waals surface area contributed by atoms with Crippen LogP contribution in [-0.2, 0) is 13.5 Å². The molecule has 0 N–H and O–H groups in total. The SMILES string of the molecule is Cc1cc(C)c(C)c(-c2cnc3c([n+]2C)Cc2ccccc2-3)c1. The topological polar surface area (TPSA) is 16.8 Å². The van der Waals surface area contributed by atoms with E-state index in [1.165, 1.54) is 44.8 Å². The number of hydrogen-bond acceptors (Lipinski definition) is 1. The first-order chi connectivity index (χ1) is 11.1.